The largest absolute Gasteiger partial charge is 0.344 e. The lowest BCUT2D eigenvalue weighted by atomic mass is 10.2. The first-order valence-corrected chi connectivity index (χ1v) is 6.15. The van der Waals surface area contributed by atoms with Gasteiger partial charge in [-0.2, -0.15) is 4.76 Å². The number of nitrogens with zero attached hydrogens (tertiary/aromatic N) is 3. The van der Waals surface area contributed by atoms with Gasteiger partial charge in [0.05, 0.1) is 5.60 Å². The Morgan fingerprint density at radius 3 is 2.13 bits per heavy atom. The van der Waals surface area contributed by atoms with Gasteiger partial charge >= 0.3 is 8.53 Å². The van der Waals surface area contributed by atoms with Crippen LogP contribution in [0.2, 0.25) is 0 Å². The molecule has 0 aromatic rings. The van der Waals surface area contributed by atoms with E-state index in [4.69, 9.17) is 4.52 Å². The number of guanidine groups is 1. The van der Waals surface area contributed by atoms with E-state index in [0.29, 0.717) is 0 Å². The summed E-state index contributed by atoms with van der Waals surface area (Å²) in [4.78, 5) is 13.7. The van der Waals surface area contributed by atoms with Crippen molar-refractivity contribution in [2.24, 2.45) is 4.76 Å². The Kier molecular flexibility index (Phi) is 3.93. The van der Waals surface area contributed by atoms with E-state index in [2.05, 4.69) is 4.76 Å². The van der Waals surface area contributed by atoms with Gasteiger partial charge in [0, 0.05) is 27.2 Å². The van der Waals surface area contributed by atoms with E-state index in [0.717, 1.165) is 19.0 Å². The highest BCUT2D eigenvalue weighted by molar-refractivity contribution is 7.44. The molecule has 6 heteroatoms. The average molecular weight is 233 g/mol. The topological polar surface area (TPSA) is 48.3 Å². The Bertz CT molecular complexity index is 240. The Balaban J connectivity index is 2.61. The Labute approximate surface area is 92.7 Å². The predicted octanol–water partition coefficient (Wildman–Crippen LogP) is 1.25. The van der Waals surface area contributed by atoms with E-state index in [1.165, 1.54) is 0 Å². The highest BCUT2D eigenvalue weighted by atomic mass is 31.2. The maximum atomic E-state index is 9.68. The monoisotopic (exact) mass is 233 g/mol. The van der Waals surface area contributed by atoms with Crippen LogP contribution < -0.4 is 0 Å². The Morgan fingerprint density at radius 2 is 1.73 bits per heavy atom. The summed E-state index contributed by atoms with van der Waals surface area (Å²) in [7, 11) is 2.19. The summed E-state index contributed by atoms with van der Waals surface area (Å²) in [5.74, 6) is 0.799. The van der Waals surface area contributed by atoms with Crippen molar-refractivity contribution >= 4 is 14.5 Å². The normalized spacial score (nSPS) is 19.7. The summed E-state index contributed by atoms with van der Waals surface area (Å²) < 4.78 is 9.57. The van der Waals surface area contributed by atoms with Crippen LogP contribution in [0.1, 0.15) is 20.8 Å². The highest BCUT2D eigenvalue weighted by Crippen LogP contribution is 2.39. The van der Waals surface area contributed by atoms with Gasteiger partial charge in [-0.15, -0.1) is 0 Å². The fourth-order valence-corrected chi connectivity index (χ4v) is 2.28. The predicted molar refractivity (Wildman–Crippen MR) is 62.7 cm³/mol. The molecule has 0 saturated carbocycles. The van der Waals surface area contributed by atoms with Gasteiger partial charge in [0.1, 0.15) is 0 Å². The number of hydrogen-bond acceptors (Lipinski definition) is 3. The van der Waals surface area contributed by atoms with Crippen LogP contribution in [0.3, 0.4) is 0 Å². The van der Waals surface area contributed by atoms with E-state index in [9.17, 15) is 4.89 Å². The molecule has 0 amide bonds. The van der Waals surface area contributed by atoms with Crippen molar-refractivity contribution in [3.8, 4) is 0 Å². The molecule has 1 heterocycles. The zero-order chi connectivity index (χ0) is 11.6. The minimum atomic E-state index is -1.73. The maximum absolute atomic E-state index is 9.68. The number of hydrogen-bond donors (Lipinski definition) is 1. The molecule has 5 nitrogen and oxygen atoms in total. The van der Waals surface area contributed by atoms with Crippen molar-refractivity contribution in [1.82, 2.24) is 9.80 Å². The molecule has 0 spiro atoms. The molecule has 0 aromatic carbocycles. The Hall–Kier alpha value is -0.380. The van der Waals surface area contributed by atoms with E-state index in [-0.39, 0.29) is 5.60 Å². The van der Waals surface area contributed by atoms with Gasteiger partial charge in [-0.1, -0.05) is 0 Å². The molecule has 1 aliphatic rings. The van der Waals surface area contributed by atoms with Gasteiger partial charge < -0.3 is 19.2 Å². The molecule has 1 aliphatic heterocycles. The second kappa shape index (κ2) is 4.64. The van der Waals surface area contributed by atoms with Gasteiger partial charge in [0.15, 0.2) is 0 Å². The first-order valence-electron chi connectivity index (χ1n) is 4.98. The molecule has 88 valence electrons. The van der Waals surface area contributed by atoms with Crippen LogP contribution in [0.4, 0.5) is 0 Å². The van der Waals surface area contributed by atoms with Crippen LogP contribution in [0.25, 0.3) is 0 Å². The van der Waals surface area contributed by atoms with Gasteiger partial charge in [-0.25, -0.2) is 0 Å². The molecule has 0 aliphatic carbocycles. The van der Waals surface area contributed by atoms with Crippen LogP contribution in [-0.4, -0.2) is 53.4 Å². The lowest BCUT2D eigenvalue weighted by Crippen LogP contribution is -2.28. The van der Waals surface area contributed by atoms with Crippen LogP contribution >= 0.6 is 8.53 Å². The molecule has 1 unspecified atom stereocenters. The van der Waals surface area contributed by atoms with E-state index < -0.39 is 8.53 Å². The Morgan fingerprint density at radius 1 is 1.27 bits per heavy atom. The lowest BCUT2D eigenvalue weighted by molar-refractivity contribution is 0.133. The third-order valence-corrected chi connectivity index (χ3v) is 3.05. The van der Waals surface area contributed by atoms with E-state index >= 15 is 0 Å². The lowest BCUT2D eigenvalue weighted by Gasteiger charge is -2.22. The molecule has 15 heavy (non-hydrogen) atoms. The summed E-state index contributed by atoms with van der Waals surface area (Å²) in [6.07, 6.45) is 0. The van der Waals surface area contributed by atoms with Crippen molar-refractivity contribution in [2.75, 3.05) is 27.2 Å². The third kappa shape index (κ3) is 3.93. The molecular formula is C9H20N3O2P. The number of likely N-dealkylation sites (N-methyl/N-ethyl adjacent to an activating group) is 2. The van der Waals surface area contributed by atoms with Gasteiger partial charge in [-0.05, 0) is 20.8 Å². The average Bonchev–Trinajstić information content (AvgIpc) is 2.32. The minimum Gasteiger partial charge on any atom is -0.344 e. The van der Waals surface area contributed by atoms with E-state index in [1.54, 1.807) is 0 Å². The molecule has 1 fully saturated rings. The first-order chi connectivity index (χ1) is 6.79. The van der Waals surface area contributed by atoms with Crippen molar-refractivity contribution in [1.29, 1.82) is 0 Å². The standard InChI is InChI=1S/C9H20N3O2P/c1-9(2,3)14-15(13)10-8-11(4)6-7-12(8)5/h13H,6-7H2,1-5H3. The molecule has 1 N–H and O–H groups in total. The second-order valence-corrected chi connectivity index (χ2v) is 5.59. The zero-order valence-corrected chi connectivity index (χ0v) is 11.0. The SMILES string of the molecule is CN1CCN(C)C1=NP(O)OC(C)(C)C. The van der Waals surface area contributed by atoms with Crippen LogP contribution in [0.5, 0.6) is 0 Å². The highest BCUT2D eigenvalue weighted by Gasteiger charge is 2.24. The smallest absolute Gasteiger partial charge is 0.311 e. The molecule has 1 atom stereocenters. The molecule has 0 radical (unpaired) electrons. The summed E-state index contributed by atoms with van der Waals surface area (Å²) in [5.41, 5.74) is -0.361. The third-order valence-electron chi connectivity index (χ3n) is 1.98. The summed E-state index contributed by atoms with van der Waals surface area (Å²) in [6.45, 7) is 7.59. The summed E-state index contributed by atoms with van der Waals surface area (Å²) >= 11 is 0. The van der Waals surface area contributed by atoms with Crippen molar-refractivity contribution < 1.29 is 9.42 Å². The second-order valence-electron chi connectivity index (χ2n) is 4.70. The minimum absolute atomic E-state index is 0.361. The maximum Gasteiger partial charge on any atom is 0.311 e. The van der Waals surface area contributed by atoms with Crippen molar-refractivity contribution in [3.63, 3.8) is 0 Å². The molecule has 1 rings (SSSR count). The van der Waals surface area contributed by atoms with Crippen LogP contribution in [0, 0.1) is 0 Å². The van der Waals surface area contributed by atoms with Crippen LogP contribution in [0.15, 0.2) is 4.76 Å². The van der Waals surface area contributed by atoms with Crippen LogP contribution in [-0.2, 0) is 4.52 Å². The quantitative estimate of drug-likeness (QED) is 0.729. The van der Waals surface area contributed by atoms with E-state index in [1.807, 2.05) is 44.7 Å². The molecular weight excluding hydrogens is 213 g/mol. The fourth-order valence-electron chi connectivity index (χ4n) is 1.29. The van der Waals surface area contributed by atoms with Gasteiger partial charge in [0.2, 0.25) is 5.96 Å². The van der Waals surface area contributed by atoms with Crippen molar-refractivity contribution in [3.05, 3.63) is 0 Å². The molecule has 0 aromatic heterocycles. The first kappa shape index (κ1) is 12.7. The van der Waals surface area contributed by atoms with Crippen molar-refractivity contribution in [2.45, 2.75) is 26.4 Å². The van der Waals surface area contributed by atoms with Gasteiger partial charge in [0.25, 0.3) is 0 Å². The fraction of sp³-hybridized carbons (Fsp3) is 0.889. The van der Waals surface area contributed by atoms with Gasteiger partial charge in [-0.3, -0.25) is 0 Å². The molecule has 0 bridgehead atoms. The summed E-state index contributed by atoms with van der Waals surface area (Å²) in [6, 6.07) is 0. The molecule has 1 saturated heterocycles. The summed E-state index contributed by atoms with van der Waals surface area (Å²) in [5, 5.41) is 0. The number of rotatable bonds is 2. The zero-order valence-electron chi connectivity index (χ0n) is 10.1.